The van der Waals surface area contributed by atoms with Crippen LogP contribution in [0.4, 0.5) is 0 Å². The van der Waals surface area contributed by atoms with Crippen LogP contribution in [0.1, 0.15) is 109 Å². The van der Waals surface area contributed by atoms with Gasteiger partial charge >= 0.3 is 5.97 Å². The number of imidazole rings is 1. The van der Waals surface area contributed by atoms with Crippen molar-refractivity contribution < 1.29 is 9.53 Å². The van der Waals surface area contributed by atoms with Crippen LogP contribution in [0.25, 0.3) is 15.4 Å². The number of rotatable bonds is 15. The molecule has 0 radical (unpaired) electrons. The fourth-order valence-corrected chi connectivity index (χ4v) is 5.70. The van der Waals surface area contributed by atoms with E-state index in [0.29, 0.717) is 18.1 Å². The summed E-state index contributed by atoms with van der Waals surface area (Å²) in [5.41, 5.74) is 2.57. The molecule has 3 rings (SSSR count). The van der Waals surface area contributed by atoms with Gasteiger partial charge in [0.1, 0.15) is 5.75 Å². The molecular weight excluding hydrogens is 428 g/mol. The lowest BCUT2D eigenvalue weighted by atomic mass is 9.91. The number of esters is 1. The summed E-state index contributed by atoms with van der Waals surface area (Å²) in [4.78, 5) is 19.1. The first-order chi connectivity index (χ1) is 16.2. The van der Waals surface area contributed by atoms with Crippen LogP contribution in [0.2, 0.25) is 0 Å². The van der Waals surface area contributed by atoms with Gasteiger partial charge in [0.25, 0.3) is 0 Å². The normalized spacial score (nSPS) is 12.3. The van der Waals surface area contributed by atoms with Crippen LogP contribution in [0.15, 0.2) is 36.7 Å². The Morgan fingerprint density at radius 3 is 2.39 bits per heavy atom. The Labute approximate surface area is 203 Å². The zero-order valence-corrected chi connectivity index (χ0v) is 21.5. The SMILES string of the molecule is CCCCCCCC(=O)Oc1ccc(-c2sc3nccn3c2C(CCC)CCCCC)cc1. The number of hydrogen-bond acceptors (Lipinski definition) is 4. The summed E-state index contributed by atoms with van der Waals surface area (Å²) in [6.45, 7) is 6.74. The summed E-state index contributed by atoms with van der Waals surface area (Å²) in [6, 6.07) is 8.05. The Morgan fingerprint density at radius 2 is 1.67 bits per heavy atom. The average Bonchev–Trinajstić information content (AvgIpc) is 3.41. The molecule has 2 heterocycles. The first kappa shape index (κ1) is 25.5. The van der Waals surface area contributed by atoms with E-state index in [1.807, 2.05) is 18.3 Å². The maximum Gasteiger partial charge on any atom is 0.311 e. The molecule has 1 unspecified atom stereocenters. The van der Waals surface area contributed by atoms with Crippen LogP contribution in [-0.4, -0.2) is 15.4 Å². The van der Waals surface area contributed by atoms with E-state index in [1.54, 1.807) is 11.3 Å². The summed E-state index contributed by atoms with van der Waals surface area (Å²) in [5, 5.41) is 0. The van der Waals surface area contributed by atoms with Gasteiger partial charge < -0.3 is 4.74 Å². The van der Waals surface area contributed by atoms with E-state index in [4.69, 9.17) is 4.74 Å². The van der Waals surface area contributed by atoms with Crippen molar-refractivity contribution in [3.63, 3.8) is 0 Å². The molecule has 0 aliphatic heterocycles. The van der Waals surface area contributed by atoms with Gasteiger partial charge in [0.2, 0.25) is 0 Å². The third-order valence-electron chi connectivity index (χ3n) is 6.30. The van der Waals surface area contributed by atoms with Crippen LogP contribution < -0.4 is 4.74 Å². The first-order valence-corrected chi connectivity index (χ1v) is 13.8. The predicted octanol–water partition coefficient (Wildman–Crippen LogP) is 8.79. The minimum atomic E-state index is -0.131. The largest absolute Gasteiger partial charge is 0.427 e. The van der Waals surface area contributed by atoms with Gasteiger partial charge in [-0.3, -0.25) is 9.20 Å². The van der Waals surface area contributed by atoms with Crippen LogP contribution >= 0.6 is 11.3 Å². The van der Waals surface area contributed by atoms with Gasteiger partial charge in [-0.1, -0.05) is 83.5 Å². The van der Waals surface area contributed by atoms with Crippen molar-refractivity contribution in [2.75, 3.05) is 0 Å². The van der Waals surface area contributed by atoms with Crippen molar-refractivity contribution in [1.29, 1.82) is 0 Å². The summed E-state index contributed by atoms with van der Waals surface area (Å²) >= 11 is 1.76. The highest BCUT2D eigenvalue weighted by Crippen LogP contribution is 2.41. The number of carbonyl (C=O) groups excluding carboxylic acids is 1. The summed E-state index contributed by atoms with van der Waals surface area (Å²) in [7, 11) is 0. The topological polar surface area (TPSA) is 43.6 Å². The van der Waals surface area contributed by atoms with Gasteiger partial charge in [0.15, 0.2) is 4.96 Å². The van der Waals surface area contributed by atoms with Gasteiger partial charge in [0.05, 0.1) is 4.88 Å². The lowest BCUT2D eigenvalue weighted by Gasteiger charge is -2.18. The van der Waals surface area contributed by atoms with Gasteiger partial charge in [-0.15, -0.1) is 0 Å². The highest BCUT2D eigenvalue weighted by molar-refractivity contribution is 7.20. The van der Waals surface area contributed by atoms with Crippen LogP contribution in [0.3, 0.4) is 0 Å². The molecule has 33 heavy (non-hydrogen) atoms. The number of unbranched alkanes of at least 4 members (excludes halogenated alkanes) is 6. The molecule has 180 valence electrons. The number of carbonyl (C=O) groups is 1. The van der Waals surface area contributed by atoms with E-state index in [0.717, 1.165) is 17.8 Å². The molecule has 0 saturated heterocycles. The number of hydrogen-bond donors (Lipinski definition) is 0. The first-order valence-electron chi connectivity index (χ1n) is 12.9. The molecule has 0 saturated carbocycles. The zero-order valence-electron chi connectivity index (χ0n) is 20.6. The van der Waals surface area contributed by atoms with Crippen LogP contribution in [0.5, 0.6) is 5.75 Å². The zero-order chi connectivity index (χ0) is 23.5. The molecule has 4 nitrogen and oxygen atoms in total. The molecule has 3 aromatic rings. The van der Waals surface area contributed by atoms with Gasteiger partial charge in [0, 0.05) is 30.4 Å². The van der Waals surface area contributed by atoms with Crippen molar-refractivity contribution in [1.82, 2.24) is 9.38 Å². The van der Waals surface area contributed by atoms with Crippen LogP contribution in [0, 0.1) is 0 Å². The quantitative estimate of drug-likeness (QED) is 0.127. The molecule has 0 aliphatic rings. The number of aromatic nitrogens is 2. The minimum Gasteiger partial charge on any atom is -0.427 e. The monoisotopic (exact) mass is 468 g/mol. The highest BCUT2D eigenvalue weighted by atomic mass is 32.1. The van der Waals surface area contributed by atoms with E-state index in [1.165, 1.54) is 73.9 Å². The van der Waals surface area contributed by atoms with E-state index >= 15 is 0 Å². The summed E-state index contributed by atoms with van der Waals surface area (Å²) in [5.74, 6) is 1.03. The molecular formula is C28H40N2O2S. The Morgan fingerprint density at radius 1 is 0.939 bits per heavy atom. The van der Waals surface area contributed by atoms with Crippen molar-refractivity contribution in [3.8, 4) is 16.2 Å². The summed E-state index contributed by atoms with van der Waals surface area (Å²) < 4.78 is 7.87. The molecule has 0 amide bonds. The molecule has 0 N–H and O–H groups in total. The second kappa shape index (κ2) is 13.5. The lowest BCUT2D eigenvalue weighted by molar-refractivity contribution is -0.134. The number of fused-ring (bicyclic) bond motifs is 1. The fourth-order valence-electron chi connectivity index (χ4n) is 4.53. The second-order valence-corrected chi connectivity index (χ2v) is 10.0. The van der Waals surface area contributed by atoms with Crippen molar-refractivity contribution in [2.24, 2.45) is 0 Å². The third-order valence-corrected chi connectivity index (χ3v) is 7.44. The fraction of sp³-hybridized carbons (Fsp3) is 0.571. The number of thiazole rings is 1. The predicted molar refractivity (Wildman–Crippen MR) is 139 cm³/mol. The minimum absolute atomic E-state index is 0.131. The Hall–Kier alpha value is -2.14. The van der Waals surface area contributed by atoms with Gasteiger partial charge in [-0.05, 0) is 49.1 Å². The second-order valence-electron chi connectivity index (χ2n) is 9.04. The van der Waals surface area contributed by atoms with Crippen molar-refractivity contribution in [2.45, 2.75) is 104 Å². The Kier molecular flexibility index (Phi) is 10.5. The third kappa shape index (κ3) is 7.17. The molecule has 0 aliphatic carbocycles. The van der Waals surface area contributed by atoms with Crippen LogP contribution in [-0.2, 0) is 4.79 Å². The molecule has 2 aromatic heterocycles. The number of nitrogens with zero attached hydrogens (tertiary/aromatic N) is 2. The molecule has 1 atom stereocenters. The molecule has 0 spiro atoms. The number of benzene rings is 1. The van der Waals surface area contributed by atoms with Crippen molar-refractivity contribution in [3.05, 3.63) is 42.4 Å². The maximum atomic E-state index is 12.2. The molecule has 1 aromatic carbocycles. The smallest absolute Gasteiger partial charge is 0.311 e. The van der Waals surface area contributed by atoms with E-state index in [2.05, 4.69) is 48.5 Å². The Balaban J connectivity index is 1.73. The maximum absolute atomic E-state index is 12.2. The Bertz CT molecular complexity index is 974. The van der Waals surface area contributed by atoms with Crippen molar-refractivity contribution >= 4 is 22.3 Å². The van der Waals surface area contributed by atoms with Gasteiger partial charge in [-0.25, -0.2) is 4.98 Å². The van der Waals surface area contributed by atoms with E-state index in [-0.39, 0.29) is 5.97 Å². The average molecular weight is 469 g/mol. The summed E-state index contributed by atoms with van der Waals surface area (Å²) in [6.07, 6.45) is 17.5. The van der Waals surface area contributed by atoms with Gasteiger partial charge in [-0.2, -0.15) is 0 Å². The molecule has 0 fully saturated rings. The molecule has 0 bridgehead atoms. The van der Waals surface area contributed by atoms with E-state index in [9.17, 15) is 4.79 Å². The standard InChI is InChI=1S/C28H40N2O2S/c1-4-7-9-10-12-15-25(31)32-24-18-16-23(17-19-24)27-26(30-21-20-29-28(30)33-27)22(13-6-3)14-11-8-5-2/h16-22H,4-15H2,1-3H3. The molecule has 5 heteroatoms. The lowest BCUT2D eigenvalue weighted by Crippen LogP contribution is -2.07. The number of ether oxygens (including phenoxy) is 1. The highest BCUT2D eigenvalue weighted by Gasteiger charge is 2.22. The van der Waals surface area contributed by atoms with E-state index < -0.39 is 0 Å².